The van der Waals surface area contributed by atoms with Crippen molar-refractivity contribution < 1.29 is 9.53 Å². The van der Waals surface area contributed by atoms with E-state index in [1.807, 2.05) is 40.6 Å². The third-order valence-electron chi connectivity index (χ3n) is 6.11. The molecule has 1 aliphatic heterocycles. The maximum atomic E-state index is 13.6. The van der Waals surface area contributed by atoms with Gasteiger partial charge in [-0.3, -0.25) is 9.69 Å². The Balaban J connectivity index is 1.41. The third-order valence-corrected chi connectivity index (χ3v) is 7.76. The number of benzene rings is 2. The molecule has 1 saturated carbocycles. The molecule has 2 heterocycles. The van der Waals surface area contributed by atoms with E-state index >= 15 is 0 Å². The van der Waals surface area contributed by atoms with Crippen LogP contribution in [0.3, 0.4) is 0 Å². The highest BCUT2D eigenvalue weighted by Crippen LogP contribution is 2.39. The van der Waals surface area contributed by atoms with Crippen LogP contribution in [0.1, 0.15) is 48.8 Å². The fraction of sp³-hybridized carbons (Fsp3) is 0.296. The number of hydrogen-bond donors (Lipinski definition) is 0. The van der Waals surface area contributed by atoms with Gasteiger partial charge in [0.05, 0.1) is 4.91 Å². The van der Waals surface area contributed by atoms with Crippen LogP contribution in [0.5, 0.6) is 5.75 Å². The Morgan fingerprint density at radius 3 is 2.68 bits per heavy atom. The molecule has 1 aliphatic carbocycles. The Bertz CT molecular complexity index is 1200. The second kappa shape index (κ2) is 10.6. The van der Waals surface area contributed by atoms with E-state index in [2.05, 4.69) is 36.2 Å². The summed E-state index contributed by atoms with van der Waals surface area (Å²) in [6.45, 7) is 2.55. The first kappa shape index (κ1) is 22.9. The summed E-state index contributed by atoms with van der Waals surface area (Å²) in [4.78, 5) is 25.2. The lowest BCUT2D eigenvalue weighted by Crippen LogP contribution is -2.40. The van der Waals surface area contributed by atoms with Crippen molar-refractivity contribution in [2.45, 2.75) is 51.7 Å². The highest BCUT2D eigenvalue weighted by Gasteiger charge is 2.39. The fourth-order valence-corrected chi connectivity index (χ4v) is 5.89. The zero-order valence-corrected chi connectivity index (χ0v) is 20.8. The molecule has 5 nitrogen and oxygen atoms in total. The van der Waals surface area contributed by atoms with E-state index < -0.39 is 0 Å². The van der Waals surface area contributed by atoms with Crippen LogP contribution >= 0.6 is 23.1 Å². The van der Waals surface area contributed by atoms with Gasteiger partial charge in [-0.05, 0) is 49.2 Å². The summed E-state index contributed by atoms with van der Waals surface area (Å²) in [6, 6.07) is 16.4. The van der Waals surface area contributed by atoms with Crippen molar-refractivity contribution in [1.82, 2.24) is 9.88 Å². The van der Waals surface area contributed by atoms with Gasteiger partial charge in [0.2, 0.25) is 5.13 Å². The minimum Gasteiger partial charge on any atom is -0.488 e. The molecule has 34 heavy (non-hydrogen) atoms. The zero-order valence-electron chi connectivity index (χ0n) is 19.1. The largest absolute Gasteiger partial charge is 0.488 e. The number of para-hydroxylation sites is 1. The van der Waals surface area contributed by atoms with Crippen LogP contribution in [-0.2, 0) is 11.4 Å². The van der Waals surface area contributed by atoms with Crippen molar-refractivity contribution in [2.24, 2.45) is 4.99 Å². The Hall–Kier alpha value is -2.90. The molecule has 2 aliphatic rings. The standard InChI is InChI=1S/C27H27N3O2S2/c1-19-11-13-20(14-12-19)18-32-23-10-6-5-7-21(23)17-24-25(31)30(22-8-3-2-4-9-22)27(34-24)29-26-28-15-16-33-26/h5-7,10-17,22H,2-4,8-9,18H2,1H3/b24-17-,29-27+. The van der Waals surface area contributed by atoms with Gasteiger partial charge >= 0.3 is 0 Å². The molecule has 3 aromatic rings. The van der Waals surface area contributed by atoms with Crippen LogP contribution < -0.4 is 4.74 Å². The lowest BCUT2D eigenvalue weighted by atomic mass is 9.94. The van der Waals surface area contributed by atoms with Gasteiger partial charge in [0.15, 0.2) is 5.17 Å². The highest BCUT2D eigenvalue weighted by atomic mass is 32.2. The molecule has 0 bridgehead atoms. The fourth-order valence-electron chi connectivity index (χ4n) is 4.30. The first-order valence-corrected chi connectivity index (χ1v) is 13.4. The summed E-state index contributed by atoms with van der Waals surface area (Å²) in [5, 5.41) is 3.32. The van der Waals surface area contributed by atoms with Gasteiger partial charge in [0.1, 0.15) is 12.4 Å². The maximum Gasteiger partial charge on any atom is 0.267 e. The van der Waals surface area contributed by atoms with Crippen LogP contribution in [0, 0.1) is 6.92 Å². The predicted octanol–water partition coefficient (Wildman–Crippen LogP) is 6.97. The Morgan fingerprint density at radius 2 is 1.91 bits per heavy atom. The number of amidine groups is 1. The van der Waals surface area contributed by atoms with Crippen LogP contribution in [-0.4, -0.2) is 27.0 Å². The topological polar surface area (TPSA) is 54.8 Å². The van der Waals surface area contributed by atoms with Crippen molar-refractivity contribution in [3.8, 4) is 5.75 Å². The number of nitrogens with zero attached hydrogens (tertiary/aromatic N) is 3. The summed E-state index contributed by atoms with van der Waals surface area (Å²) in [7, 11) is 0. The Morgan fingerprint density at radius 1 is 1.12 bits per heavy atom. The number of aryl methyl sites for hydroxylation is 1. The summed E-state index contributed by atoms with van der Waals surface area (Å²) >= 11 is 2.92. The molecule has 0 atom stereocenters. The maximum absolute atomic E-state index is 13.6. The third kappa shape index (κ3) is 5.26. The minimum atomic E-state index is 0.0283. The van der Waals surface area contributed by atoms with Crippen LogP contribution in [0.15, 0.2) is 70.0 Å². The molecule has 2 aromatic carbocycles. The Labute approximate surface area is 208 Å². The molecule has 1 amide bonds. The number of carbonyl (C=O) groups is 1. The predicted molar refractivity (Wildman–Crippen MR) is 140 cm³/mol. The van der Waals surface area contributed by atoms with Gasteiger partial charge in [-0.1, -0.05) is 67.3 Å². The molecule has 5 rings (SSSR count). The van der Waals surface area contributed by atoms with Gasteiger partial charge in [0, 0.05) is 23.2 Å². The molecule has 1 aromatic heterocycles. The van der Waals surface area contributed by atoms with E-state index in [9.17, 15) is 4.79 Å². The number of amides is 1. The molecule has 0 spiro atoms. The van der Waals surface area contributed by atoms with E-state index in [-0.39, 0.29) is 11.9 Å². The number of aromatic nitrogens is 1. The molecule has 1 saturated heterocycles. The van der Waals surface area contributed by atoms with E-state index in [4.69, 9.17) is 9.73 Å². The number of thioether (sulfide) groups is 1. The van der Waals surface area contributed by atoms with Crippen LogP contribution in [0.2, 0.25) is 0 Å². The number of thiazole rings is 1. The Kier molecular flexibility index (Phi) is 7.11. The second-order valence-electron chi connectivity index (χ2n) is 8.60. The first-order valence-electron chi connectivity index (χ1n) is 11.7. The molecule has 2 fully saturated rings. The summed E-state index contributed by atoms with van der Waals surface area (Å²) in [6.07, 6.45) is 9.27. The second-order valence-corrected chi connectivity index (χ2v) is 10.5. The summed E-state index contributed by atoms with van der Waals surface area (Å²) < 4.78 is 6.15. The van der Waals surface area contributed by atoms with Crippen molar-refractivity contribution in [3.63, 3.8) is 0 Å². The minimum absolute atomic E-state index is 0.0283. The lowest BCUT2D eigenvalue weighted by Gasteiger charge is -2.30. The van der Waals surface area contributed by atoms with E-state index in [0.717, 1.165) is 47.7 Å². The average molecular weight is 490 g/mol. The molecule has 0 radical (unpaired) electrons. The van der Waals surface area contributed by atoms with Crippen molar-refractivity contribution in [1.29, 1.82) is 0 Å². The van der Waals surface area contributed by atoms with Gasteiger partial charge in [-0.15, -0.1) is 11.3 Å². The SMILES string of the molecule is Cc1ccc(COc2ccccc2/C=C2\S/C(=N/c3nccs3)N(C3CCCCC3)C2=O)cc1. The van der Waals surface area contributed by atoms with Gasteiger partial charge in [0.25, 0.3) is 5.91 Å². The molecule has 7 heteroatoms. The number of carbonyl (C=O) groups excluding carboxylic acids is 1. The number of aliphatic imine (C=N–C) groups is 1. The van der Waals surface area contributed by atoms with Gasteiger partial charge in [-0.25, -0.2) is 4.98 Å². The molecular weight excluding hydrogens is 462 g/mol. The van der Waals surface area contributed by atoms with Crippen molar-refractivity contribution in [2.75, 3.05) is 0 Å². The first-order chi connectivity index (χ1) is 16.7. The highest BCUT2D eigenvalue weighted by molar-refractivity contribution is 8.18. The smallest absolute Gasteiger partial charge is 0.267 e. The number of hydrogen-bond acceptors (Lipinski definition) is 6. The van der Waals surface area contributed by atoms with Gasteiger partial charge < -0.3 is 4.74 Å². The molecular formula is C27H27N3O2S2. The van der Waals surface area contributed by atoms with E-state index in [0.29, 0.717) is 16.6 Å². The molecule has 0 unspecified atom stereocenters. The normalized spacial score (nSPS) is 19.3. The van der Waals surface area contributed by atoms with E-state index in [1.54, 1.807) is 6.20 Å². The van der Waals surface area contributed by atoms with Gasteiger partial charge in [-0.2, -0.15) is 4.99 Å². The molecule has 174 valence electrons. The van der Waals surface area contributed by atoms with Crippen molar-refractivity contribution in [3.05, 3.63) is 81.7 Å². The summed E-state index contributed by atoms with van der Waals surface area (Å²) in [5.74, 6) is 0.791. The monoisotopic (exact) mass is 489 g/mol. The van der Waals surface area contributed by atoms with Crippen LogP contribution in [0.25, 0.3) is 6.08 Å². The average Bonchev–Trinajstić information content (AvgIpc) is 3.48. The van der Waals surface area contributed by atoms with E-state index in [1.165, 1.54) is 35.1 Å². The number of rotatable bonds is 6. The molecule has 0 N–H and O–H groups in total. The van der Waals surface area contributed by atoms with Crippen molar-refractivity contribution >= 4 is 45.4 Å². The quantitative estimate of drug-likeness (QED) is 0.351. The number of ether oxygens (including phenoxy) is 1. The summed E-state index contributed by atoms with van der Waals surface area (Å²) in [5.41, 5.74) is 3.23. The van der Waals surface area contributed by atoms with Crippen LogP contribution in [0.4, 0.5) is 5.13 Å². The lowest BCUT2D eigenvalue weighted by molar-refractivity contribution is -0.124. The zero-order chi connectivity index (χ0) is 23.3.